The van der Waals surface area contributed by atoms with Crippen molar-refractivity contribution in [2.24, 2.45) is 0 Å². The summed E-state index contributed by atoms with van der Waals surface area (Å²) in [4.78, 5) is 28.1. The number of carbonyl (C=O) groups is 2. The molecule has 0 bridgehead atoms. The van der Waals surface area contributed by atoms with Gasteiger partial charge in [-0.15, -0.1) is 0 Å². The first-order valence-electron chi connectivity index (χ1n) is 13.9. The topological polar surface area (TPSA) is 105 Å². The summed E-state index contributed by atoms with van der Waals surface area (Å²) in [6.45, 7) is 0.773. The van der Waals surface area contributed by atoms with Crippen molar-refractivity contribution >= 4 is 27.5 Å². The minimum absolute atomic E-state index is 0.108. The Balaban J connectivity index is 1.17. The van der Waals surface area contributed by atoms with E-state index in [0.717, 1.165) is 16.7 Å². The van der Waals surface area contributed by atoms with Gasteiger partial charge >= 0.3 is 0 Å². The predicted octanol–water partition coefficient (Wildman–Crippen LogP) is 4.25. The van der Waals surface area contributed by atoms with Crippen molar-refractivity contribution in [3.05, 3.63) is 126 Å². The third-order valence-electron chi connectivity index (χ3n) is 7.09. The zero-order valence-electron chi connectivity index (χ0n) is 23.1. The second kappa shape index (κ2) is 13.5. The average molecular weight is 584 g/mol. The lowest BCUT2D eigenvalue weighted by Crippen LogP contribution is -2.51. The standard InChI is InChI=1S/C33H33N3O5S/c37-32(20-17-26-15-18-28(19-16-26)42(39,40)35-23-27-11-5-2-6-12-27)36-24-31(41-30-14-8-7-13-29(30)36)33(38)34-22-21-25-9-3-1-4-10-25/h1-16,18-19,31,35H,17,20-24H2,(H,34,38)/t31-/m0/s1. The molecule has 1 aliphatic rings. The number of rotatable bonds is 11. The highest BCUT2D eigenvalue weighted by molar-refractivity contribution is 7.89. The molecule has 8 nitrogen and oxygen atoms in total. The molecule has 42 heavy (non-hydrogen) atoms. The largest absolute Gasteiger partial charge is 0.477 e. The maximum atomic E-state index is 13.4. The number of para-hydroxylation sites is 2. The summed E-state index contributed by atoms with van der Waals surface area (Å²) >= 11 is 0. The summed E-state index contributed by atoms with van der Waals surface area (Å²) in [5.41, 5.74) is 3.45. The van der Waals surface area contributed by atoms with Crippen molar-refractivity contribution in [1.29, 1.82) is 0 Å². The molecule has 1 heterocycles. The van der Waals surface area contributed by atoms with Crippen molar-refractivity contribution in [1.82, 2.24) is 10.0 Å². The highest BCUT2D eigenvalue weighted by Crippen LogP contribution is 2.33. The van der Waals surface area contributed by atoms with Gasteiger partial charge in [-0.3, -0.25) is 9.59 Å². The zero-order chi connectivity index (χ0) is 29.4. The highest BCUT2D eigenvalue weighted by Gasteiger charge is 2.33. The van der Waals surface area contributed by atoms with Gasteiger partial charge < -0.3 is 15.0 Å². The third kappa shape index (κ3) is 7.43. The van der Waals surface area contributed by atoms with E-state index in [9.17, 15) is 18.0 Å². The first-order valence-corrected chi connectivity index (χ1v) is 15.4. The van der Waals surface area contributed by atoms with E-state index in [1.807, 2.05) is 72.8 Å². The van der Waals surface area contributed by atoms with Gasteiger partial charge in [-0.1, -0.05) is 84.9 Å². The van der Waals surface area contributed by atoms with Crippen LogP contribution in [0.5, 0.6) is 5.75 Å². The fraction of sp³-hybridized carbons (Fsp3) is 0.212. The second-order valence-corrected chi connectivity index (χ2v) is 11.8. The number of benzene rings is 4. The van der Waals surface area contributed by atoms with Gasteiger partial charge in [0.1, 0.15) is 5.75 Å². The van der Waals surface area contributed by atoms with Gasteiger partial charge in [0.25, 0.3) is 5.91 Å². The van der Waals surface area contributed by atoms with Crippen molar-refractivity contribution in [2.45, 2.75) is 36.8 Å². The van der Waals surface area contributed by atoms with Crippen LogP contribution in [-0.2, 0) is 39.0 Å². The molecule has 0 radical (unpaired) electrons. The molecule has 1 atom stereocenters. The molecule has 9 heteroatoms. The molecule has 1 aliphatic heterocycles. The Morgan fingerprint density at radius 3 is 2.10 bits per heavy atom. The summed E-state index contributed by atoms with van der Waals surface area (Å²) in [6, 6.07) is 32.9. The minimum Gasteiger partial charge on any atom is -0.477 e. The van der Waals surface area contributed by atoms with Gasteiger partial charge in [0.05, 0.1) is 17.1 Å². The van der Waals surface area contributed by atoms with Gasteiger partial charge in [-0.2, -0.15) is 0 Å². The fourth-order valence-corrected chi connectivity index (χ4v) is 5.79. The molecular formula is C33H33N3O5S. The van der Waals surface area contributed by atoms with Gasteiger partial charge in [0, 0.05) is 19.5 Å². The Kier molecular flexibility index (Phi) is 9.31. The molecule has 0 fully saturated rings. The molecule has 5 rings (SSSR count). The zero-order valence-corrected chi connectivity index (χ0v) is 23.9. The van der Waals surface area contributed by atoms with E-state index < -0.39 is 16.1 Å². The Morgan fingerprint density at radius 1 is 0.762 bits per heavy atom. The van der Waals surface area contributed by atoms with Crippen LogP contribution in [0.3, 0.4) is 0 Å². The lowest BCUT2D eigenvalue weighted by molar-refractivity contribution is -0.128. The quantitative estimate of drug-likeness (QED) is 0.275. The molecule has 0 saturated heterocycles. The number of aryl methyl sites for hydroxylation is 1. The molecule has 2 amide bonds. The van der Waals surface area contributed by atoms with E-state index in [0.29, 0.717) is 30.8 Å². The van der Waals surface area contributed by atoms with Crippen LogP contribution >= 0.6 is 0 Å². The van der Waals surface area contributed by atoms with Crippen molar-refractivity contribution in [3.63, 3.8) is 0 Å². The number of nitrogens with zero attached hydrogens (tertiary/aromatic N) is 1. The monoisotopic (exact) mass is 583 g/mol. The van der Waals surface area contributed by atoms with Gasteiger partial charge in [-0.05, 0) is 53.8 Å². The van der Waals surface area contributed by atoms with Crippen LogP contribution in [0, 0.1) is 0 Å². The molecule has 0 aromatic heterocycles. The molecule has 4 aromatic rings. The summed E-state index contributed by atoms with van der Waals surface area (Å²) < 4.78 is 34.0. The smallest absolute Gasteiger partial charge is 0.262 e. The Hall–Kier alpha value is -4.47. The molecule has 0 spiro atoms. The van der Waals surface area contributed by atoms with Crippen LogP contribution in [0.4, 0.5) is 5.69 Å². The van der Waals surface area contributed by atoms with Gasteiger partial charge in [-0.25, -0.2) is 13.1 Å². The molecule has 2 N–H and O–H groups in total. The van der Waals surface area contributed by atoms with Crippen LogP contribution in [-0.4, -0.2) is 39.4 Å². The predicted molar refractivity (Wildman–Crippen MR) is 162 cm³/mol. The number of sulfonamides is 1. The highest BCUT2D eigenvalue weighted by atomic mass is 32.2. The Morgan fingerprint density at radius 2 is 1.38 bits per heavy atom. The Bertz CT molecular complexity index is 1610. The van der Waals surface area contributed by atoms with Crippen LogP contribution in [0.25, 0.3) is 0 Å². The summed E-state index contributed by atoms with van der Waals surface area (Å²) in [6.07, 6.45) is 0.480. The first kappa shape index (κ1) is 29.0. The molecule has 0 unspecified atom stereocenters. The number of amides is 2. The van der Waals surface area contributed by atoms with E-state index >= 15 is 0 Å². The number of anilines is 1. The van der Waals surface area contributed by atoms with Crippen LogP contribution in [0.2, 0.25) is 0 Å². The number of ether oxygens (including phenoxy) is 1. The average Bonchev–Trinajstić information content (AvgIpc) is 3.03. The lowest BCUT2D eigenvalue weighted by Gasteiger charge is -2.34. The summed E-state index contributed by atoms with van der Waals surface area (Å²) in [7, 11) is -3.67. The lowest BCUT2D eigenvalue weighted by atomic mass is 10.1. The normalized spacial score (nSPS) is 14.5. The van der Waals surface area contributed by atoms with E-state index in [2.05, 4.69) is 10.0 Å². The number of hydrogen-bond acceptors (Lipinski definition) is 5. The minimum atomic E-state index is -3.67. The molecule has 4 aromatic carbocycles. The molecule has 216 valence electrons. The van der Waals surface area contributed by atoms with Crippen molar-refractivity contribution in [3.8, 4) is 5.75 Å². The number of hydrogen-bond donors (Lipinski definition) is 2. The van der Waals surface area contributed by atoms with E-state index in [1.165, 1.54) is 0 Å². The SMILES string of the molecule is O=C(NCCc1ccccc1)[C@@H]1CN(C(=O)CCc2ccc(S(=O)(=O)NCc3ccccc3)cc2)c2ccccc2O1. The van der Waals surface area contributed by atoms with Gasteiger partial charge in [0.2, 0.25) is 15.9 Å². The third-order valence-corrected chi connectivity index (χ3v) is 8.51. The molecule has 0 saturated carbocycles. The fourth-order valence-electron chi connectivity index (χ4n) is 4.77. The summed E-state index contributed by atoms with van der Waals surface area (Å²) in [5.74, 6) is 0.0721. The molecule has 0 aliphatic carbocycles. The van der Waals surface area contributed by atoms with E-state index in [1.54, 1.807) is 41.3 Å². The number of fused-ring (bicyclic) bond motifs is 1. The van der Waals surface area contributed by atoms with E-state index in [-0.39, 0.29) is 36.2 Å². The maximum Gasteiger partial charge on any atom is 0.262 e. The van der Waals surface area contributed by atoms with E-state index in [4.69, 9.17) is 4.74 Å². The first-order chi connectivity index (χ1) is 20.4. The molecular weight excluding hydrogens is 550 g/mol. The Labute approximate surface area is 246 Å². The van der Waals surface area contributed by atoms with Crippen LogP contribution in [0.15, 0.2) is 114 Å². The van der Waals surface area contributed by atoms with Crippen molar-refractivity contribution in [2.75, 3.05) is 18.0 Å². The maximum absolute atomic E-state index is 13.4. The number of carbonyl (C=O) groups excluding carboxylic acids is 2. The van der Waals surface area contributed by atoms with Crippen molar-refractivity contribution < 1.29 is 22.7 Å². The van der Waals surface area contributed by atoms with Crippen LogP contribution < -0.4 is 19.7 Å². The second-order valence-electron chi connectivity index (χ2n) is 10.1. The number of nitrogens with one attached hydrogen (secondary N) is 2. The van der Waals surface area contributed by atoms with Crippen LogP contribution in [0.1, 0.15) is 23.1 Å². The van der Waals surface area contributed by atoms with Gasteiger partial charge in [0.15, 0.2) is 6.10 Å². The summed E-state index contributed by atoms with van der Waals surface area (Å²) in [5, 5.41) is 2.93.